The molecule has 0 aromatic rings. The second-order valence-electron chi connectivity index (χ2n) is 8.30. The van der Waals surface area contributed by atoms with Crippen LogP contribution in [0.5, 0.6) is 0 Å². The molecule has 11 heteroatoms. The van der Waals surface area contributed by atoms with E-state index >= 15 is 0 Å². The highest BCUT2D eigenvalue weighted by molar-refractivity contribution is 4.42. The Balaban J connectivity index is -0.000000498. The van der Waals surface area contributed by atoms with E-state index in [1.54, 1.807) is 0 Å². The lowest BCUT2D eigenvalue weighted by molar-refractivity contribution is 0.00229. The zero-order valence-electron chi connectivity index (χ0n) is 25.0. The molecule has 0 aliphatic carbocycles. The third-order valence-corrected chi connectivity index (χ3v) is 4.71. The van der Waals surface area contributed by atoms with Crippen LogP contribution < -0.4 is 0 Å². The highest BCUT2D eigenvalue weighted by atomic mass is 16.6. The van der Waals surface area contributed by atoms with Gasteiger partial charge in [0, 0.05) is 13.2 Å². The van der Waals surface area contributed by atoms with E-state index in [-0.39, 0.29) is 26.4 Å². The standard InChI is InChI=1S/C12H26O.2C8H18O5/c1-3-5-7-9-11-13-12-10-8-6-4-2;2*9-1-3-11-5-7-13-8-6-12-4-2-10/h3-12H2,1-2H3;2*9-10H,1-8H2. The predicted octanol–water partition coefficient (Wildman–Crippen LogP) is 2.21. The Hall–Kier alpha value is -0.440. The molecule has 0 fully saturated rings. The largest absolute Gasteiger partial charge is 0.394 e. The van der Waals surface area contributed by atoms with Crippen LogP contribution in [0.25, 0.3) is 0 Å². The van der Waals surface area contributed by atoms with E-state index < -0.39 is 0 Å². The summed E-state index contributed by atoms with van der Waals surface area (Å²) in [5, 5.41) is 33.4. The van der Waals surface area contributed by atoms with E-state index in [0.29, 0.717) is 79.3 Å². The van der Waals surface area contributed by atoms with Crippen LogP contribution in [0.15, 0.2) is 0 Å². The molecule has 11 nitrogen and oxygen atoms in total. The van der Waals surface area contributed by atoms with Crippen molar-refractivity contribution in [2.75, 3.05) is 119 Å². The van der Waals surface area contributed by atoms with Gasteiger partial charge in [-0.25, -0.2) is 0 Å². The van der Waals surface area contributed by atoms with E-state index in [1.165, 1.54) is 51.4 Å². The average Bonchev–Trinajstić information content (AvgIpc) is 2.95. The Kier molecular flexibility index (Phi) is 52.2. The van der Waals surface area contributed by atoms with Crippen LogP contribution in [-0.4, -0.2) is 139 Å². The van der Waals surface area contributed by atoms with Gasteiger partial charge in [0.05, 0.1) is 106 Å². The number of hydrogen-bond donors (Lipinski definition) is 4. The Bertz CT molecular complexity index is 284. The van der Waals surface area contributed by atoms with Crippen molar-refractivity contribution in [2.45, 2.75) is 65.2 Å². The molecular weight excluding hydrogens is 512 g/mol. The van der Waals surface area contributed by atoms with Crippen LogP contribution in [0.3, 0.4) is 0 Å². The van der Waals surface area contributed by atoms with Gasteiger partial charge in [0.25, 0.3) is 0 Å². The number of hydrogen-bond acceptors (Lipinski definition) is 11. The van der Waals surface area contributed by atoms with Gasteiger partial charge in [-0.3, -0.25) is 0 Å². The van der Waals surface area contributed by atoms with Gasteiger partial charge in [0.1, 0.15) is 0 Å². The molecule has 0 radical (unpaired) electrons. The lowest BCUT2D eigenvalue weighted by Gasteiger charge is -2.04. The lowest BCUT2D eigenvalue weighted by Crippen LogP contribution is -2.11. The molecule has 0 spiro atoms. The van der Waals surface area contributed by atoms with Gasteiger partial charge in [-0.1, -0.05) is 52.4 Å². The molecule has 0 aliphatic heterocycles. The van der Waals surface area contributed by atoms with Gasteiger partial charge in [-0.05, 0) is 12.8 Å². The number of unbranched alkanes of at least 4 members (excludes halogenated alkanes) is 6. The number of aliphatic hydroxyl groups is 4. The van der Waals surface area contributed by atoms with Crippen LogP contribution in [0, 0.1) is 0 Å². The summed E-state index contributed by atoms with van der Waals surface area (Å²) in [6.45, 7) is 12.0. The minimum absolute atomic E-state index is 0.0413. The summed E-state index contributed by atoms with van der Waals surface area (Å²) in [6.07, 6.45) is 10.5. The molecule has 0 aliphatic rings. The van der Waals surface area contributed by atoms with Gasteiger partial charge in [0.2, 0.25) is 0 Å². The van der Waals surface area contributed by atoms with Gasteiger partial charge in [-0.2, -0.15) is 0 Å². The molecule has 4 N–H and O–H groups in total. The van der Waals surface area contributed by atoms with Crippen molar-refractivity contribution >= 4 is 0 Å². The predicted molar refractivity (Wildman–Crippen MR) is 152 cm³/mol. The molecule has 0 amide bonds. The summed E-state index contributed by atoms with van der Waals surface area (Å²) < 4.78 is 35.6. The molecule has 0 atom stereocenters. The number of ether oxygens (including phenoxy) is 7. The molecule has 240 valence electrons. The lowest BCUT2D eigenvalue weighted by atomic mass is 10.2. The average molecular weight is 575 g/mol. The zero-order valence-corrected chi connectivity index (χ0v) is 25.0. The van der Waals surface area contributed by atoms with E-state index in [0.717, 1.165) is 13.2 Å². The second kappa shape index (κ2) is 47.4. The SMILES string of the molecule is CCCCCCOCCCCCC.OCCOCCOCCOCCO.OCCOCCOCCOCCO. The van der Waals surface area contributed by atoms with Crippen molar-refractivity contribution in [3.63, 3.8) is 0 Å². The second-order valence-corrected chi connectivity index (χ2v) is 8.30. The molecule has 0 heterocycles. The first-order valence-corrected chi connectivity index (χ1v) is 14.7. The van der Waals surface area contributed by atoms with Crippen molar-refractivity contribution in [3.05, 3.63) is 0 Å². The summed E-state index contributed by atoms with van der Waals surface area (Å²) in [5.41, 5.74) is 0. The number of rotatable bonds is 30. The Morgan fingerprint density at radius 1 is 0.282 bits per heavy atom. The summed E-state index contributed by atoms with van der Waals surface area (Å²) in [6, 6.07) is 0. The van der Waals surface area contributed by atoms with E-state index in [1.807, 2.05) is 0 Å². The topological polar surface area (TPSA) is 146 Å². The van der Waals surface area contributed by atoms with Crippen molar-refractivity contribution in [3.8, 4) is 0 Å². The fourth-order valence-corrected chi connectivity index (χ4v) is 2.71. The van der Waals surface area contributed by atoms with Gasteiger partial charge in [-0.15, -0.1) is 0 Å². The van der Waals surface area contributed by atoms with Gasteiger partial charge >= 0.3 is 0 Å². The molecule has 0 rings (SSSR count). The van der Waals surface area contributed by atoms with Crippen molar-refractivity contribution in [1.82, 2.24) is 0 Å². The zero-order chi connectivity index (χ0) is 29.3. The van der Waals surface area contributed by atoms with E-state index in [9.17, 15) is 0 Å². The molecule has 39 heavy (non-hydrogen) atoms. The molecule has 0 aromatic heterocycles. The maximum Gasteiger partial charge on any atom is 0.0701 e. The minimum atomic E-state index is 0.0413. The minimum Gasteiger partial charge on any atom is -0.394 e. The third kappa shape index (κ3) is 54.4. The summed E-state index contributed by atoms with van der Waals surface area (Å²) in [4.78, 5) is 0. The van der Waals surface area contributed by atoms with Gasteiger partial charge < -0.3 is 53.6 Å². The molecule has 0 aromatic carbocycles. The Morgan fingerprint density at radius 2 is 0.513 bits per heavy atom. The van der Waals surface area contributed by atoms with Crippen LogP contribution in [0.1, 0.15) is 65.2 Å². The maximum atomic E-state index is 8.36. The third-order valence-electron chi connectivity index (χ3n) is 4.71. The van der Waals surface area contributed by atoms with Gasteiger partial charge in [0.15, 0.2) is 0 Å². The van der Waals surface area contributed by atoms with Crippen molar-refractivity contribution in [1.29, 1.82) is 0 Å². The first-order chi connectivity index (χ1) is 19.2. The van der Waals surface area contributed by atoms with E-state index in [4.69, 9.17) is 53.6 Å². The molecule has 0 saturated carbocycles. The smallest absolute Gasteiger partial charge is 0.0701 e. The Morgan fingerprint density at radius 3 is 0.744 bits per heavy atom. The van der Waals surface area contributed by atoms with E-state index in [2.05, 4.69) is 13.8 Å². The maximum absolute atomic E-state index is 8.36. The highest BCUT2D eigenvalue weighted by Crippen LogP contribution is 2.01. The molecule has 0 unspecified atom stereocenters. The van der Waals surface area contributed by atoms with Crippen LogP contribution >= 0.6 is 0 Å². The van der Waals surface area contributed by atoms with Crippen LogP contribution in [0.2, 0.25) is 0 Å². The summed E-state index contributed by atoms with van der Waals surface area (Å²) >= 11 is 0. The monoisotopic (exact) mass is 574 g/mol. The molecule has 0 bridgehead atoms. The fraction of sp³-hybridized carbons (Fsp3) is 1.00. The van der Waals surface area contributed by atoms with Crippen molar-refractivity contribution < 1.29 is 53.6 Å². The molecular formula is C28H62O11. The normalized spacial score (nSPS) is 10.6. The van der Waals surface area contributed by atoms with Crippen LogP contribution in [-0.2, 0) is 33.2 Å². The summed E-state index contributed by atoms with van der Waals surface area (Å²) in [7, 11) is 0. The quantitative estimate of drug-likeness (QED) is 0.0937. The fourth-order valence-electron chi connectivity index (χ4n) is 2.71. The highest BCUT2D eigenvalue weighted by Gasteiger charge is 1.92. The summed E-state index contributed by atoms with van der Waals surface area (Å²) in [5.74, 6) is 0. The first kappa shape index (κ1) is 43.0. The number of aliphatic hydroxyl groups excluding tert-OH is 4. The Labute approximate surface area is 238 Å². The van der Waals surface area contributed by atoms with Crippen LogP contribution in [0.4, 0.5) is 0 Å². The van der Waals surface area contributed by atoms with Crippen molar-refractivity contribution in [2.24, 2.45) is 0 Å². The molecule has 0 saturated heterocycles. The first-order valence-electron chi connectivity index (χ1n) is 14.7.